The van der Waals surface area contributed by atoms with Crippen LogP contribution in [0.25, 0.3) is 6.08 Å². The number of aromatic nitrogens is 1. The molecule has 2 N–H and O–H groups in total. The smallest absolute Gasteiger partial charge is 0.126 e. The molecule has 0 spiro atoms. The number of nitrogens with one attached hydrogen (secondary N) is 2. The van der Waals surface area contributed by atoms with Crippen molar-refractivity contribution in [2.24, 2.45) is 0 Å². The summed E-state index contributed by atoms with van der Waals surface area (Å²) < 4.78 is 5.61. The average molecular weight is 341 g/mol. The van der Waals surface area contributed by atoms with E-state index in [2.05, 4.69) is 27.8 Å². The SMILES string of the molecule is Cc1cc(NC/C2=C/c3cc(Cl)ccc3NCOC2)ncc1C#N. The molecule has 0 aliphatic carbocycles. The van der Waals surface area contributed by atoms with Crippen molar-refractivity contribution in [1.82, 2.24) is 4.98 Å². The van der Waals surface area contributed by atoms with Crippen LogP contribution in [0.5, 0.6) is 0 Å². The van der Waals surface area contributed by atoms with Gasteiger partial charge >= 0.3 is 0 Å². The van der Waals surface area contributed by atoms with E-state index in [1.807, 2.05) is 31.2 Å². The number of aryl methyl sites for hydroxylation is 1. The molecule has 1 aromatic carbocycles. The van der Waals surface area contributed by atoms with E-state index in [4.69, 9.17) is 21.6 Å². The van der Waals surface area contributed by atoms with Gasteiger partial charge in [0, 0.05) is 23.5 Å². The van der Waals surface area contributed by atoms with Gasteiger partial charge in [0.15, 0.2) is 0 Å². The van der Waals surface area contributed by atoms with Crippen LogP contribution in [0.2, 0.25) is 5.02 Å². The van der Waals surface area contributed by atoms with E-state index in [0.29, 0.717) is 30.5 Å². The summed E-state index contributed by atoms with van der Waals surface area (Å²) in [6.07, 6.45) is 3.65. The number of fused-ring (bicyclic) bond motifs is 1. The van der Waals surface area contributed by atoms with E-state index in [1.165, 1.54) is 0 Å². The van der Waals surface area contributed by atoms with Crippen LogP contribution in [0.1, 0.15) is 16.7 Å². The average Bonchev–Trinajstić information content (AvgIpc) is 2.55. The molecule has 0 saturated heterocycles. The van der Waals surface area contributed by atoms with Crippen molar-refractivity contribution < 1.29 is 4.74 Å². The molecule has 0 saturated carbocycles. The Morgan fingerprint density at radius 3 is 3.08 bits per heavy atom. The zero-order valence-electron chi connectivity index (χ0n) is 13.3. The van der Waals surface area contributed by atoms with Gasteiger partial charge in [-0.2, -0.15) is 5.26 Å². The molecule has 6 heteroatoms. The van der Waals surface area contributed by atoms with Crippen molar-refractivity contribution in [1.29, 1.82) is 5.26 Å². The second-order valence-electron chi connectivity index (χ2n) is 5.55. The zero-order chi connectivity index (χ0) is 16.9. The Hall–Kier alpha value is -2.55. The van der Waals surface area contributed by atoms with Crippen molar-refractivity contribution in [3.8, 4) is 6.07 Å². The second-order valence-corrected chi connectivity index (χ2v) is 5.99. The molecule has 0 bridgehead atoms. The van der Waals surface area contributed by atoms with Crippen LogP contribution in [-0.2, 0) is 4.74 Å². The number of hydrogen-bond donors (Lipinski definition) is 2. The summed E-state index contributed by atoms with van der Waals surface area (Å²) in [4.78, 5) is 4.26. The fourth-order valence-electron chi connectivity index (χ4n) is 2.46. The van der Waals surface area contributed by atoms with Gasteiger partial charge in [0.25, 0.3) is 0 Å². The summed E-state index contributed by atoms with van der Waals surface area (Å²) in [6.45, 7) is 3.46. The molecule has 3 rings (SSSR count). The van der Waals surface area contributed by atoms with Crippen LogP contribution in [0.3, 0.4) is 0 Å². The van der Waals surface area contributed by atoms with E-state index in [1.54, 1.807) is 6.20 Å². The topological polar surface area (TPSA) is 70.0 Å². The first kappa shape index (κ1) is 16.3. The Bertz CT molecular complexity index is 826. The van der Waals surface area contributed by atoms with E-state index in [-0.39, 0.29) is 0 Å². The molecule has 24 heavy (non-hydrogen) atoms. The lowest BCUT2D eigenvalue weighted by atomic mass is 10.1. The zero-order valence-corrected chi connectivity index (χ0v) is 14.0. The van der Waals surface area contributed by atoms with Gasteiger partial charge in [0.2, 0.25) is 0 Å². The number of benzene rings is 1. The number of nitriles is 1. The van der Waals surface area contributed by atoms with Gasteiger partial charge < -0.3 is 15.4 Å². The fraction of sp³-hybridized carbons (Fsp3) is 0.222. The Kier molecular flexibility index (Phi) is 4.99. The predicted octanol–water partition coefficient (Wildman–Crippen LogP) is 3.81. The van der Waals surface area contributed by atoms with Crippen molar-refractivity contribution >= 4 is 29.2 Å². The maximum absolute atomic E-state index is 8.96. The molecular weight excluding hydrogens is 324 g/mol. The molecule has 122 valence electrons. The minimum atomic E-state index is 0.445. The van der Waals surface area contributed by atoms with E-state index in [9.17, 15) is 0 Å². The van der Waals surface area contributed by atoms with Crippen molar-refractivity contribution in [2.45, 2.75) is 6.92 Å². The predicted molar refractivity (Wildman–Crippen MR) is 96.0 cm³/mol. The standard InChI is InChI=1S/C18H17ClN4O/c1-12-4-18(22-9-15(12)7-20)21-8-13-5-14-6-16(19)2-3-17(14)23-11-24-10-13/h2-6,9,23H,8,10-11H2,1H3,(H,21,22)/b13-5-. The number of pyridine rings is 1. The largest absolute Gasteiger partial charge is 0.366 e. The molecule has 0 unspecified atom stereocenters. The number of ether oxygens (including phenoxy) is 1. The van der Waals surface area contributed by atoms with Gasteiger partial charge in [0.1, 0.15) is 18.6 Å². The fourth-order valence-corrected chi connectivity index (χ4v) is 2.64. The van der Waals surface area contributed by atoms with Crippen LogP contribution in [0, 0.1) is 18.3 Å². The number of halogens is 1. The summed E-state index contributed by atoms with van der Waals surface area (Å²) in [5.74, 6) is 0.735. The number of hydrogen-bond acceptors (Lipinski definition) is 5. The highest BCUT2D eigenvalue weighted by Gasteiger charge is 2.08. The summed E-state index contributed by atoms with van der Waals surface area (Å²) in [5.41, 5.74) is 4.60. The summed E-state index contributed by atoms with van der Waals surface area (Å²) >= 11 is 6.10. The molecule has 0 radical (unpaired) electrons. The Labute approximate surface area is 145 Å². The summed E-state index contributed by atoms with van der Waals surface area (Å²) in [6, 6.07) is 9.71. The first-order valence-electron chi connectivity index (χ1n) is 7.57. The van der Waals surface area contributed by atoms with Crippen LogP contribution in [0.15, 0.2) is 36.0 Å². The normalized spacial score (nSPS) is 15.8. The number of anilines is 2. The van der Waals surface area contributed by atoms with Crippen LogP contribution in [0.4, 0.5) is 11.5 Å². The molecule has 5 nitrogen and oxygen atoms in total. The van der Waals surface area contributed by atoms with E-state index in [0.717, 1.165) is 28.2 Å². The summed E-state index contributed by atoms with van der Waals surface area (Å²) in [5, 5.41) is 16.2. The van der Waals surface area contributed by atoms with Crippen molar-refractivity contribution in [2.75, 3.05) is 30.5 Å². The third-order valence-corrected chi connectivity index (χ3v) is 3.99. The molecule has 1 aliphatic rings. The number of rotatable bonds is 3. The molecule has 0 atom stereocenters. The van der Waals surface area contributed by atoms with E-state index < -0.39 is 0 Å². The monoisotopic (exact) mass is 340 g/mol. The quantitative estimate of drug-likeness (QED) is 0.889. The minimum absolute atomic E-state index is 0.445. The van der Waals surface area contributed by atoms with Gasteiger partial charge in [-0.25, -0.2) is 4.98 Å². The molecule has 1 aromatic heterocycles. The molecule has 2 heterocycles. The highest BCUT2D eigenvalue weighted by Crippen LogP contribution is 2.24. The highest BCUT2D eigenvalue weighted by atomic mass is 35.5. The van der Waals surface area contributed by atoms with Crippen LogP contribution >= 0.6 is 11.6 Å². The Morgan fingerprint density at radius 1 is 1.42 bits per heavy atom. The summed E-state index contributed by atoms with van der Waals surface area (Å²) in [7, 11) is 0. The lowest BCUT2D eigenvalue weighted by Crippen LogP contribution is -2.16. The lowest BCUT2D eigenvalue weighted by molar-refractivity contribution is 0.175. The molecule has 2 aromatic rings. The van der Waals surface area contributed by atoms with Crippen LogP contribution in [-0.4, -0.2) is 24.9 Å². The van der Waals surface area contributed by atoms with E-state index >= 15 is 0 Å². The van der Waals surface area contributed by atoms with Crippen molar-refractivity contribution in [3.05, 3.63) is 57.7 Å². The third kappa shape index (κ3) is 3.85. The van der Waals surface area contributed by atoms with Gasteiger partial charge in [0.05, 0.1) is 12.2 Å². The second kappa shape index (κ2) is 7.35. The van der Waals surface area contributed by atoms with Gasteiger partial charge in [-0.1, -0.05) is 11.6 Å². The maximum atomic E-state index is 8.96. The molecule has 0 fully saturated rings. The highest BCUT2D eigenvalue weighted by molar-refractivity contribution is 6.30. The Balaban J connectivity index is 1.78. The third-order valence-electron chi connectivity index (χ3n) is 3.75. The maximum Gasteiger partial charge on any atom is 0.126 e. The Morgan fingerprint density at radius 2 is 2.29 bits per heavy atom. The molecule has 1 aliphatic heterocycles. The lowest BCUT2D eigenvalue weighted by Gasteiger charge is -2.17. The van der Waals surface area contributed by atoms with Crippen molar-refractivity contribution in [3.63, 3.8) is 0 Å². The number of nitrogens with zero attached hydrogens (tertiary/aromatic N) is 2. The van der Waals surface area contributed by atoms with Gasteiger partial charge in [-0.3, -0.25) is 0 Å². The van der Waals surface area contributed by atoms with Crippen LogP contribution < -0.4 is 10.6 Å². The van der Waals surface area contributed by atoms with Gasteiger partial charge in [-0.05, 0) is 54.0 Å². The molecule has 0 amide bonds. The molecular formula is C18H17ClN4O. The van der Waals surface area contributed by atoms with Gasteiger partial charge in [-0.15, -0.1) is 0 Å². The minimum Gasteiger partial charge on any atom is -0.366 e. The first-order valence-corrected chi connectivity index (χ1v) is 7.95. The first-order chi connectivity index (χ1) is 11.7.